The van der Waals surface area contributed by atoms with Crippen LogP contribution in [0.4, 0.5) is 5.69 Å². The van der Waals surface area contributed by atoms with Gasteiger partial charge in [0.2, 0.25) is 0 Å². The molecule has 4 nitrogen and oxygen atoms in total. The summed E-state index contributed by atoms with van der Waals surface area (Å²) in [7, 11) is 0. The van der Waals surface area contributed by atoms with Crippen LogP contribution in [0.25, 0.3) is 0 Å². The predicted octanol–water partition coefficient (Wildman–Crippen LogP) is 3.36. The monoisotopic (exact) mass is 249 g/mol. The summed E-state index contributed by atoms with van der Waals surface area (Å²) in [6.07, 6.45) is 3.67. The smallest absolute Gasteiger partial charge is 0.165 e. The Bertz CT molecular complexity index is 429. The zero-order valence-corrected chi connectivity index (χ0v) is 10.9. The first kappa shape index (κ1) is 12.7. The van der Waals surface area contributed by atoms with Crippen molar-refractivity contribution in [2.45, 2.75) is 26.7 Å². The van der Waals surface area contributed by atoms with Crippen molar-refractivity contribution in [3.8, 4) is 17.2 Å². The SMILES string of the molecule is CCCOc1cc2c(cc1OCCC)OCC=N2. The number of aliphatic imine (C=N–C) groups is 1. The zero-order chi connectivity index (χ0) is 12.8. The lowest BCUT2D eigenvalue weighted by Crippen LogP contribution is -2.05. The van der Waals surface area contributed by atoms with E-state index in [9.17, 15) is 0 Å². The molecule has 0 aliphatic carbocycles. The summed E-state index contributed by atoms with van der Waals surface area (Å²) in [4.78, 5) is 4.30. The normalized spacial score (nSPS) is 12.8. The van der Waals surface area contributed by atoms with Crippen LogP contribution in [0.5, 0.6) is 17.2 Å². The van der Waals surface area contributed by atoms with E-state index in [0.29, 0.717) is 19.8 Å². The molecule has 18 heavy (non-hydrogen) atoms. The Kier molecular flexibility index (Phi) is 4.45. The Labute approximate surface area is 108 Å². The highest BCUT2D eigenvalue weighted by molar-refractivity contribution is 5.73. The molecule has 0 saturated heterocycles. The van der Waals surface area contributed by atoms with Crippen LogP contribution in [-0.2, 0) is 0 Å². The van der Waals surface area contributed by atoms with Crippen LogP contribution in [0.2, 0.25) is 0 Å². The van der Waals surface area contributed by atoms with E-state index < -0.39 is 0 Å². The lowest BCUT2D eigenvalue weighted by Gasteiger charge is -2.17. The topological polar surface area (TPSA) is 40.0 Å². The van der Waals surface area contributed by atoms with Gasteiger partial charge in [-0.25, -0.2) is 0 Å². The van der Waals surface area contributed by atoms with Crippen LogP contribution < -0.4 is 14.2 Å². The second kappa shape index (κ2) is 6.28. The summed E-state index contributed by atoms with van der Waals surface area (Å²) in [5.41, 5.74) is 0.802. The quantitative estimate of drug-likeness (QED) is 0.776. The molecular formula is C14H19NO3. The standard InChI is InChI=1S/C14H19NO3/c1-3-6-16-13-9-11-12(18-8-5-15-11)10-14(13)17-7-4-2/h5,9-10H,3-4,6-8H2,1-2H3. The van der Waals surface area contributed by atoms with Crippen molar-refractivity contribution in [1.82, 2.24) is 0 Å². The van der Waals surface area contributed by atoms with Gasteiger partial charge in [0.1, 0.15) is 18.0 Å². The van der Waals surface area contributed by atoms with E-state index in [0.717, 1.165) is 35.8 Å². The van der Waals surface area contributed by atoms with Gasteiger partial charge in [0.05, 0.1) is 13.2 Å². The molecule has 0 bridgehead atoms. The fraction of sp³-hybridized carbons (Fsp3) is 0.500. The van der Waals surface area contributed by atoms with Gasteiger partial charge >= 0.3 is 0 Å². The first-order valence-corrected chi connectivity index (χ1v) is 6.44. The molecule has 98 valence electrons. The molecule has 1 heterocycles. The molecule has 0 amide bonds. The van der Waals surface area contributed by atoms with Crippen LogP contribution in [0, 0.1) is 0 Å². The maximum absolute atomic E-state index is 5.69. The minimum atomic E-state index is 0.509. The summed E-state index contributed by atoms with van der Waals surface area (Å²) >= 11 is 0. The Morgan fingerprint density at radius 2 is 1.78 bits per heavy atom. The van der Waals surface area contributed by atoms with E-state index in [2.05, 4.69) is 18.8 Å². The first-order valence-electron chi connectivity index (χ1n) is 6.44. The lowest BCUT2D eigenvalue weighted by molar-refractivity contribution is 0.266. The summed E-state index contributed by atoms with van der Waals surface area (Å²) in [6, 6.07) is 3.75. The Morgan fingerprint density at radius 3 is 2.44 bits per heavy atom. The molecule has 1 aromatic carbocycles. The van der Waals surface area contributed by atoms with E-state index >= 15 is 0 Å². The van der Waals surface area contributed by atoms with Crippen molar-refractivity contribution in [1.29, 1.82) is 0 Å². The van der Waals surface area contributed by atoms with Crippen LogP contribution in [0.1, 0.15) is 26.7 Å². The fourth-order valence-corrected chi connectivity index (χ4v) is 1.66. The first-order chi connectivity index (χ1) is 8.85. The predicted molar refractivity (Wildman–Crippen MR) is 71.7 cm³/mol. The maximum atomic E-state index is 5.69. The lowest BCUT2D eigenvalue weighted by atomic mass is 10.2. The molecule has 0 fully saturated rings. The molecular weight excluding hydrogens is 230 g/mol. The van der Waals surface area contributed by atoms with Gasteiger partial charge in [0.25, 0.3) is 0 Å². The van der Waals surface area contributed by atoms with E-state index in [1.807, 2.05) is 12.1 Å². The number of hydrogen-bond donors (Lipinski definition) is 0. The number of nitrogens with zero attached hydrogens (tertiary/aromatic N) is 1. The minimum Gasteiger partial charge on any atom is -0.490 e. The molecule has 0 N–H and O–H groups in total. The van der Waals surface area contributed by atoms with Gasteiger partial charge in [0.15, 0.2) is 11.5 Å². The van der Waals surface area contributed by atoms with Crippen LogP contribution >= 0.6 is 0 Å². The van der Waals surface area contributed by atoms with Crippen LogP contribution in [0.15, 0.2) is 17.1 Å². The average molecular weight is 249 g/mol. The van der Waals surface area contributed by atoms with Gasteiger partial charge in [0, 0.05) is 18.3 Å². The number of rotatable bonds is 6. The third-order valence-corrected chi connectivity index (χ3v) is 2.49. The van der Waals surface area contributed by atoms with Gasteiger partial charge < -0.3 is 14.2 Å². The molecule has 0 aromatic heterocycles. The molecule has 4 heteroatoms. The molecule has 0 unspecified atom stereocenters. The molecule has 0 spiro atoms. The van der Waals surface area contributed by atoms with Gasteiger partial charge in [-0.2, -0.15) is 0 Å². The number of hydrogen-bond acceptors (Lipinski definition) is 4. The molecule has 0 radical (unpaired) electrons. The molecule has 1 aliphatic rings. The van der Waals surface area contributed by atoms with Crippen LogP contribution in [0.3, 0.4) is 0 Å². The third-order valence-electron chi connectivity index (χ3n) is 2.49. The van der Waals surface area contributed by atoms with E-state index in [1.54, 1.807) is 6.21 Å². The van der Waals surface area contributed by atoms with Gasteiger partial charge in [-0.05, 0) is 12.8 Å². The van der Waals surface area contributed by atoms with Crippen molar-refractivity contribution in [2.75, 3.05) is 19.8 Å². The minimum absolute atomic E-state index is 0.509. The Balaban J connectivity index is 2.26. The molecule has 1 aliphatic heterocycles. The van der Waals surface area contributed by atoms with Crippen LogP contribution in [-0.4, -0.2) is 26.0 Å². The van der Waals surface area contributed by atoms with E-state index in [-0.39, 0.29) is 0 Å². The second-order valence-electron chi connectivity index (χ2n) is 4.09. The Morgan fingerprint density at radius 1 is 1.11 bits per heavy atom. The van der Waals surface area contributed by atoms with E-state index in [1.165, 1.54) is 0 Å². The number of fused-ring (bicyclic) bond motifs is 1. The molecule has 2 rings (SSSR count). The van der Waals surface area contributed by atoms with Crippen molar-refractivity contribution in [3.63, 3.8) is 0 Å². The zero-order valence-electron chi connectivity index (χ0n) is 10.9. The van der Waals surface area contributed by atoms with Gasteiger partial charge in [-0.15, -0.1) is 0 Å². The third kappa shape index (κ3) is 2.94. The Hall–Kier alpha value is -1.71. The highest BCUT2D eigenvalue weighted by Crippen LogP contribution is 2.40. The molecule has 1 aromatic rings. The maximum Gasteiger partial charge on any atom is 0.165 e. The summed E-state index contributed by atoms with van der Waals surface area (Å²) < 4.78 is 16.9. The van der Waals surface area contributed by atoms with Crippen molar-refractivity contribution in [2.24, 2.45) is 4.99 Å². The van der Waals surface area contributed by atoms with Gasteiger partial charge in [-0.3, -0.25) is 4.99 Å². The highest BCUT2D eigenvalue weighted by Gasteiger charge is 2.14. The van der Waals surface area contributed by atoms with Gasteiger partial charge in [-0.1, -0.05) is 13.8 Å². The number of ether oxygens (including phenoxy) is 3. The average Bonchev–Trinajstić information content (AvgIpc) is 2.42. The van der Waals surface area contributed by atoms with Crippen molar-refractivity contribution >= 4 is 11.9 Å². The summed E-state index contributed by atoms with van der Waals surface area (Å²) in [5.74, 6) is 2.24. The molecule has 0 atom stereocenters. The molecule has 0 saturated carbocycles. The largest absolute Gasteiger partial charge is 0.490 e. The van der Waals surface area contributed by atoms with Crippen molar-refractivity contribution in [3.05, 3.63) is 12.1 Å². The fourth-order valence-electron chi connectivity index (χ4n) is 1.66. The number of benzene rings is 1. The summed E-state index contributed by atoms with van der Waals surface area (Å²) in [6.45, 7) is 6.00. The van der Waals surface area contributed by atoms with Crippen molar-refractivity contribution < 1.29 is 14.2 Å². The highest BCUT2D eigenvalue weighted by atomic mass is 16.5. The summed E-state index contributed by atoms with van der Waals surface area (Å²) in [5, 5.41) is 0. The second-order valence-corrected chi connectivity index (χ2v) is 4.09. The van der Waals surface area contributed by atoms with E-state index in [4.69, 9.17) is 14.2 Å².